The van der Waals surface area contributed by atoms with E-state index in [0.717, 1.165) is 175 Å². The smallest absolute Gasteiger partial charge is 0.185 e. The van der Waals surface area contributed by atoms with Crippen LogP contribution in [0, 0.1) is 46.2 Å². The number of halogens is 1. The van der Waals surface area contributed by atoms with Gasteiger partial charge in [0.05, 0.1) is 69.6 Å². The van der Waals surface area contributed by atoms with Gasteiger partial charge in [-0.15, -0.1) is 10.2 Å². The number of pyridine rings is 1. The van der Waals surface area contributed by atoms with Gasteiger partial charge in [-0.05, 0) is 222 Å². The Morgan fingerprint density at radius 1 is 0.571 bits per heavy atom. The minimum Gasteiger partial charge on any atom is -0.371 e. The van der Waals surface area contributed by atoms with E-state index in [4.69, 9.17) is 15.5 Å². The highest BCUT2D eigenvalue weighted by molar-refractivity contribution is 5.75. The molecule has 6 aliphatic heterocycles. The lowest BCUT2D eigenvalue weighted by molar-refractivity contribution is 0.220. The van der Waals surface area contributed by atoms with E-state index in [-0.39, 0.29) is 5.82 Å². The van der Waals surface area contributed by atoms with Crippen molar-refractivity contribution in [1.29, 1.82) is 10.5 Å². The summed E-state index contributed by atoms with van der Waals surface area (Å²) in [5.41, 5.74) is 20.3. The van der Waals surface area contributed by atoms with E-state index >= 15 is 0 Å². The first-order valence-corrected chi connectivity index (χ1v) is 37.2. The number of hydrogen-bond acceptors (Lipinski definition) is 14. The predicted octanol–water partition coefficient (Wildman–Crippen LogP) is 14.0. The number of hydrogen-bond donors (Lipinski definition) is 2. The average molecular weight is 1400 g/mol. The third-order valence-corrected chi connectivity index (χ3v) is 22.5. The van der Waals surface area contributed by atoms with Crippen LogP contribution >= 0.6 is 0 Å². The zero-order valence-electron chi connectivity index (χ0n) is 60.7. The van der Waals surface area contributed by atoms with Crippen molar-refractivity contribution in [2.24, 2.45) is 17.8 Å². The molecule has 3 fully saturated rings. The van der Waals surface area contributed by atoms with Gasteiger partial charge < -0.3 is 43.9 Å². The van der Waals surface area contributed by atoms with Crippen LogP contribution in [0.15, 0.2) is 183 Å². The van der Waals surface area contributed by atoms with Crippen LogP contribution in [0.3, 0.4) is 0 Å². The van der Waals surface area contributed by atoms with Crippen LogP contribution in [-0.4, -0.2) is 148 Å². The van der Waals surface area contributed by atoms with Crippen molar-refractivity contribution < 1.29 is 4.39 Å². The third kappa shape index (κ3) is 13.9. The first-order valence-electron chi connectivity index (χ1n) is 37.2. The van der Waals surface area contributed by atoms with Crippen molar-refractivity contribution in [3.63, 3.8) is 0 Å². The minimum absolute atomic E-state index is 0.226. The summed E-state index contributed by atoms with van der Waals surface area (Å²) < 4.78 is 26.4. The lowest BCUT2D eigenvalue weighted by atomic mass is 10.1. The van der Waals surface area contributed by atoms with E-state index < -0.39 is 0 Å². The van der Waals surface area contributed by atoms with Gasteiger partial charge in [0.2, 0.25) is 0 Å². The SMILES string of the molecule is CC[C@@H](C)N(C)C[C@@H]1CCN(c2ccc3c(c2)Cn2cc(-c4ccc(C#N)cc4)cc2-c2nncn2-3)C1.CC[C@H](C)NC[C@H]1CCN(c2ccc3c(n2)Cn2cc(-c4ccc(F)cc4)cc2-c2nccn2-3)C1.CNC[C@H]1CCN(c2ccc3c(c2)Cn2cc(-c4ccc(C#N)cc4)cc2-c2ncnn2-3)C1. The number of fused-ring (bicyclic) bond motifs is 15. The van der Waals surface area contributed by atoms with Gasteiger partial charge in [0.1, 0.15) is 24.3 Å². The van der Waals surface area contributed by atoms with Gasteiger partial charge in [0.25, 0.3) is 0 Å². The molecular weight excluding hydrogens is 1310 g/mol. The first kappa shape index (κ1) is 68.2. The molecule has 13 heterocycles. The van der Waals surface area contributed by atoms with Gasteiger partial charge >= 0.3 is 0 Å². The molecule has 0 spiro atoms. The number of imidazole rings is 1. The first-order chi connectivity index (χ1) is 51.3. The van der Waals surface area contributed by atoms with E-state index in [1.807, 2.05) is 91.1 Å². The Kier molecular flexibility index (Phi) is 19.2. The molecule has 20 nitrogen and oxygen atoms in total. The van der Waals surface area contributed by atoms with Crippen molar-refractivity contribution in [1.82, 2.24) is 73.3 Å². The molecule has 7 aromatic heterocycles. The van der Waals surface area contributed by atoms with Crippen LogP contribution in [0.1, 0.15) is 87.7 Å². The lowest BCUT2D eigenvalue weighted by Crippen LogP contribution is -2.34. The molecule has 5 atom stereocenters. The molecular formula is C84H89FN20. The minimum atomic E-state index is -0.226. The summed E-state index contributed by atoms with van der Waals surface area (Å²) in [6.07, 6.45) is 19.8. The maximum absolute atomic E-state index is 13.5. The van der Waals surface area contributed by atoms with Gasteiger partial charge in [0.15, 0.2) is 17.5 Å². The molecule has 3 saturated heterocycles. The van der Waals surface area contributed by atoms with Crippen LogP contribution in [0.25, 0.3) is 85.0 Å². The van der Waals surface area contributed by atoms with E-state index in [9.17, 15) is 4.39 Å². The summed E-state index contributed by atoms with van der Waals surface area (Å²) in [4.78, 5) is 24.4. The molecule has 0 radical (unpaired) electrons. The van der Waals surface area contributed by atoms with Crippen molar-refractivity contribution in [3.8, 4) is 97.1 Å². The van der Waals surface area contributed by atoms with E-state index in [2.05, 4.69) is 211 Å². The molecule has 0 bridgehead atoms. The number of nitrogens with zero attached hydrogens (tertiary/aromatic N) is 18. The number of aromatic nitrogens is 12. The Labute approximate surface area is 613 Å². The van der Waals surface area contributed by atoms with Crippen LogP contribution in [0.5, 0.6) is 0 Å². The Morgan fingerprint density at radius 3 is 1.75 bits per heavy atom. The summed E-state index contributed by atoms with van der Waals surface area (Å²) in [6, 6.07) is 52.1. The highest BCUT2D eigenvalue weighted by Gasteiger charge is 2.32. The summed E-state index contributed by atoms with van der Waals surface area (Å²) in [6.45, 7) is 21.0. The van der Waals surface area contributed by atoms with Crippen molar-refractivity contribution in [2.45, 2.75) is 91.5 Å². The van der Waals surface area contributed by atoms with E-state index in [1.165, 1.54) is 60.3 Å². The molecule has 5 aromatic carbocycles. The predicted molar refractivity (Wildman–Crippen MR) is 412 cm³/mol. The third-order valence-electron chi connectivity index (χ3n) is 22.5. The standard InChI is InChI=1S/C30H33N7.C28H31FN6.C26H25N7/c1-4-21(2)34(3)16-23-11-12-35(17-23)27-9-10-28-26(13-27)19-36-18-25(24-7-5-22(15-31)6-8-24)14-29(36)30-33-32-20-37(28)30;1-3-19(2)31-15-20-10-12-33(16-20)27-9-8-25-24(32-27)18-34-17-22(21-4-6-23(29)7-5-21)14-26(34)28-30-11-13-35(25)28;1-28-13-19-8-9-31(14-19)23-6-7-24-22(10-23)16-32-15-21(20-4-2-18(12-27)3-5-20)11-25(32)26-29-17-30-33(24)26/h5-10,13-14,18,20-21,23H,4,11-12,16-17,19H2,1-3H3;4-9,11,13-14,17,19-20,31H,3,10,12,15-16,18H2,1-2H3;2-7,10-11,15,17,19,28H,8-9,13-14,16H2,1H3/t21-,23+;19-,20+;19-/m101/s1. The lowest BCUT2D eigenvalue weighted by Gasteiger charge is -2.27. The molecule has 0 unspecified atom stereocenters. The van der Waals surface area contributed by atoms with Gasteiger partial charge in [-0.25, -0.2) is 24.0 Å². The normalized spacial score (nSPS) is 17.1. The van der Waals surface area contributed by atoms with E-state index in [1.54, 1.807) is 6.33 Å². The zero-order valence-corrected chi connectivity index (χ0v) is 60.7. The van der Waals surface area contributed by atoms with Crippen molar-refractivity contribution in [2.75, 3.05) is 87.7 Å². The molecule has 0 saturated carbocycles. The Bertz CT molecular complexity index is 5170. The highest BCUT2D eigenvalue weighted by atomic mass is 19.1. The maximum atomic E-state index is 13.5. The molecule has 2 N–H and O–H groups in total. The van der Waals surface area contributed by atoms with Gasteiger partial charge in [-0.3, -0.25) is 9.13 Å². The van der Waals surface area contributed by atoms with Crippen molar-refractivity contribution in [3.05, 3.63) is 217 Å². The number of rotatable bonds is 16. The van der Waals surface area contributed by atoms with Crippen LogP contribution < -0.4 is 25.3 Å². The second-order valence-corrected chi connectivity index (χ2v) is 29.3. The molecule has 18 rings (SSSR count). The molecule has 0 aliphatic carbocycles. The zero-order chi connectivity index (χ0) is 71.8. The van der Waals surface area contributed by atoms with Crippen LogP contribution in [0.4, 0.5) is 21.6 Å². The Balaban J connectivity index is 0.000000121. The van der Waals surface area contributed by atoms with Crippen molar-refractivity contribution >= 4 is 17.2 Å². The fraction of sp³-hybridized carbons (Fsp3) is 0.333. The highest BCUT2D eigenvalue weighted by Crippen LogP contribution is 2.40. The largest absolute Gasteiger partial charge is 0.371 e. The molecule has 0 amide bonds. The second-order valence-electron chi connectivity index (χ2n) is 29.3. The second kappa shape index (κ2) is 29.5. The molecule has 21 heteroatoms. The summed E-state index contributed by atoms with van der Waals surface area (Å²) in [5.74, 6) is 5.46. The van der Waals surface area contributed by atoms with Gasteiger partial charge in [-0.2, -0.15) is 15.6 Å². The molecule has 12 aromatic rings. The van der Waals surface area contributed by atoms with Gasteiger partial charge in [0, 0.05) is 130 Å². The topological polar surface area (TPSA) is 192 Å². The molecule has 532 valence electrons. The molecule has 105 heavy (non-hydrogen) atoms. The maximum Gasteiger partial charge on any atom is 0.185 e. The van der Waals surface area contributed by atoms with E-state index in [0.29, 0.717) is 47.5 Å². The summed E-state index contributed by atoms with van der Waals surface area (Å²) in [7, 11) is 4.29. The fourth-order valence-corrected chi connectivity index (χ4v) is 16.1. The monoisotopic (exact) mass is 1400 g/mol. The Morgan fingerprint density at radius 2 is 1.12 bits per heavy atom. The Hall–Kier alpha value is -11.2. The molecule has 6 aliphatic rings. The summed E-state index contributed by atoms with van der Waals surface area (Å²) >= 11 is 0. The average Bonchev–Trinajstić information content (AvgIpc) is 1.62. The van der Waals surface area contributed by atoms with Crippen LogP contribution in [0.2, 0.25) is 0 Å². The number of anilines is 3. The van der Waals surface area contributed by atoms with Gasteiger partial charge in [-0.1, -0.05) is 50.2 Å². The van der Waals surface area contributed by atoms with Crippen LogP contribution in [-0.2, 0) is 19.6 Å². The number of benzene rings is 5. The quantitative estimate of drug-likeness (QED) is 0.0928. The fourth-order valence-electron chi connectivity index (χ4n) is 16.1. The number of nitrogens with one attached hydrogen (secondary N) is 2. The number of nitriles is 2. The summed E-state index contributed by atoms with van der Waals surface area (Å²) in [5, 5.41) is 38.5.